The summed E-state index contributed by atoms with van der Waals surface area (Å²) in [5, 5.41) is 20.3. The maximum Gasteiger partial charge on any atom is 1.00 e. The molecule has 0 fully saturated rings. The van der Waals surface area contributed by atoms with E-state index in [0.29, 0.717) is 6.42 Å². The third-order valence-corrected chi connectivity index (χ3v) is 2.88. The van der Waals surface area contributed by atoms with Gasteiger partial charge in [-0.25, -0.2) is 0 Å². The molecule has 0 aromatic carbocycles. The molecule has 0 aromatic rings. The fraction of sp³-hybridized carbons (Fsp3) is 1.00. The van der Waals surface area contributed by atoms with Crippen molar-refractivity contribution in [3.63, 3.8) is 0 Å². The zero-order valence-corrected chi connectivity index (χ0v) is 12.4. The Bertz CT molecular complexity index is 154. The van der Waals surface area contributed by atoms with E-state index in [-0.39, 0.29) is 44.1 Å². The minimum atomic E-state index is -2.30. The predicted octanol–water partition coefficient (Wildman–Crippen LogP) is -4.00. The Morgan fingerprint density at radius 3 is 1.61 bits per heavy atom. The van der Waals surface area contributed by atoms with E-state index in [1.54, 1.807) is 0 Å². The van der Waals surface area contributed by atoms with Crippen LogP contribution in [-0.4, -0.2) is 13.2 Å². The summed E-state index contributed by atoms with van der Waals surface area (Å²) in [4.78, 5) is 0. The van der Waals surface area contributed by atoms with Crippen molar-refractivity contribution < 1.29 is 52.2 Å². The van der Waals surface area contributed by atoms with Crippen LogP contribution in [0.4, 0.5) is 4.39 Å². The van der Waals surface area contributed by atoms with Crippen LogP contribution in [0.1, 0.15) is 71.1 Å². The van der Waals surface area contributed by atoms with Crippen LogP contribution in [-0.2, 0) is 0 Å². The van der Waals surface area contributed by atoms with Crippen LogP contribution in [0, 0.1) is 0 Å². The predicted molar refractivity (Wildman–Crippen MR) is 62.5 cm³/mol. The number of hydrogen-bond acceptors (Lipinski definition) is 2. The molecule has 0 aliphatic carbocycles. The SMILES string of the molecule is CCCCCCCCCCCC(F)B([O-])[O-].[Li+].[Li+]. The maximum atomic E-state index is 12.6. The molecule has 2 nitrogen and oxygen atoms in total. The second-order valence-corrected chi connectivity index (χ2v) is 4.50. The molecule has 0 radical (unpaired) electrons. The van der Waals surface area contributed by atoms with Crippen LogP contribution in [0.15, 0.2) is 0 Å². The van der Waals surface area contributed by atoms with Gasteiger partial charge in [0.25, 0.3) is 0 Å². The third kappa shape index (κ3) is 17.1. The quantitative estimate of drug-likeness (QED) is 0.275. The van der Waals surface area contributed by atoms with Gasteiger partial charge in [-0.05, 0) is 6.42 Å². The summed E-state index contributed by atoms with van der Waals surface area (Å²) in [7, 11) is -2.30. The zero-order chi connectivity index (χ0) is 12.2. The Balaban J connectivity index is -0.00000112. The molecular formula is C12H24BFLi2O2. The van der Waals surface area contributed by atoms with Gasteiger partial charge in [-0.3, -0.25) is 4.39 Å². The monoisotopic (exact) mass is 244 g/mol. The first-order valence-electron chi connectivity index (χ1n) is 6.64. The molecule has 1 unspecified atom stereocenters. The molecule has 0 heterocycles. The minimum Gasteiger partial charge on any atom is -0.891 e. The Labute approximate surface area is 136 Å². The van der Waals surface area contributed by atoms with Crippen molar-refractivity contribution in [1.82, 2.24) is 0 Å². The van der Waals surface area contributed by atoms with Gasteiger partial charge < -0.3 is 10.0 Å². The minimum absolute atomic E-state index is 0. The number of unbranched alkanes of at least 4 members (excludes halogenated alkanes) is 8. The standard InChI is InChI=1S/C12H24BFO2.2Li/c1-2-3-4-5-6-7-8-9-10-11-12(14)13(15)16;;/h12H,2-11H2,1H3;;/q-2;2*+1. The van der Waals surface area contributed by atoms with Crippen molar-refractivity contribution in [1.29, 1.82) is 0 Å². The number of alkyl halides is 1. The molecule has 0 amide bonds. The van der Waals surface area contributed by atoms with E-state index in [1.165, 1.54) is 38.5 Å². The number of halogens is 1. The first-order valence-corrected chi connectivity index (χ1v) is 6.64. The van der Waals surface area contributed by atoms with E-state index in [1.807, 2.05) is 0 Å². The fourth-order valence-electron chi connectivity index (χ4n) is 1.79. The van der Waals surface area contributed by atoms with Crippen molar-refractivity contribution in [3.05, 3.63) is 0 Å². The van der Waals surface area contributed by atoms with Crippen molar-refractivity contribution in [2.75, 3.05) is 0 Å². The van der Waals surface area contributed by atoms with Crippen molar-refractivity contribution in [2.45, 2.75) is 77.2 Å². The van der Waals surface area contributed by atoms with Gasteiger partial charge in [0.2, 0.25) is 0 Å². The average Bonchev–Trinajstić information content (AvgIpc) is 2.26. The summed E-state index contributed by atoms with van der Waals surface area (Å²) in [5.74, 6) is 0. The second-order valence-electron chi connectivity index (χ2n) is 4.50. The fourth-order valence-corrected chi connectivity index (χ4v) is 1.79. The third-order valence-electron chi connectivity index (χ3n) is 2.88. The van der Waals surface area contributed by atoms with E-state index < -0.39 is 13.2 Å². The summed E-state index contributed by atoms with van der Waals surface area (Å²) in [5.41, 5.74) is 0. The molecule has 0 N–H and O–H groups in total. The van der Waals surface area contributed by atoms with E-state index in [0.717, 1.165) is 12.8 Å². The second kappa shape index (κ2) is 18.1. The summed E-state index contributed by atoms with van der Waals surface area (Å²) < 4.78 is 12.6. The Hall–Kier alpha value is 1.11. The van der Waals surface area contributed by atoms with Crippen LogP contribution in [0.3, 0.4) is 0 Å². The van der Waals surface area contributed by atoms with Crippen LogP contribution in [0.2, 0.25) is 0 Å². The molecule has 0 aromatic heterocycles. The van der Waals surface area contributed by atoms with Crippen LogP contribution in [0.5, 0.6) is 0 Å². The van der Waals surface area contributed by atoms with E-state index in [4.69, 9.17) is 0 Å². The molecule has 0 aliphatic heterocycles. The Kier molecular flexibility index (Phi) is 24.3. The average molecular weight is 244 g/mol. The topological polar surface area (TPSA) is 46.1 Å². The number of rotatable bonds is 11. The first-order chi connectivity index (χ1) is 7.68. The van der Waals surface area contributed by atoms with Crippen molar-refractivity contribution in [2.24, 2.45) is 0 Å². The molecule has 0 rings (SSSR count). The molecule has 0 saturated heterocycles. The van der Waals surface area contributed by atoms with Crippen molar-refractivity contribution >= 4 is 7.12 Å². The molecule has 18 heavy (non-hydrogen) atoms. The molecule has 0 bridgehead atoms. The molecule has 6 heteroatoms. The largest absolute Gasteiger partial charge is 1.00 e. The van der Waals surface area contributed by atoms with Crippen LogP contribution >= 0.6 is 0 Å². The van der Waals surface area contributed by atoms with Gasteiger partial charge in [-0.2, -0.15) is 0 Å². The van der Waals surface area contributed by atoms with E-state index in [9.17, 15) is 14.4 Å². The van der Waals surface area contributed by atoms with Gasteiger partial charge in [-0.15, -0.1) is 0 Å². The molecule has 0 spiro atoms. The molecule has 1 atom stereocenters. The normalized spacial score (nSPS) is 11.3. The summed E-state index contributed by atoms with van der Waals surface area (Å²) in [6, 6.07) is 0. The summed E-state index contributed by atoms with van der Waals surface area (Å²) >= 11 is 0. The zero-order valence-electron chi connectivity index (χ0n) is 12.4. The van der Waals surface area contributed by atoms with E-state index in [2.05, 4.69) is 6.92 Å². The Morgan fingerprint density at radius 1 is 0.833 bits per heavy atom. The van der Waals surface area contributed by atoms with Crippen LogP contribution in [0.25, 0.3) is 0 Å². The molecule has 0 saturated carbocycles. The summed E-state index contributed by atoms with van der Waals surface area (Å²) in [6.45, 7) is 2.20. The molecular weight excluding hydrogens is 220 g/mol. The number of hydrogen-bond donors (Lipinski definition) is 0. The van der Waals surface area contributed by atoms with Crippen LogP contribution < -0.4 is 47.8 Å². The van der Waals surface area contributed by atoms with Gasteiger partial charge in [0.05, 0.1) is 0 Å². The molecule has 0 aliphatic rings. The van der Waals surface area contributed by atoms with Crippen molar-refractivity contribution in [3.8, 4) is 0 Å². The van der Waals surface area contributed by atoms with Gasteiger partial charge in [0.1, 0.15) is 0 Å². The van der Waals surface area contributed by atoms with Gasteiger partial charge in [0.15, 0.2) is 0 Å². The Morgan fingerprint density at radius 2 is 1.22 bits per heavy atom. The smallest absolute Gasteiger partial charge is 0.891 e. The molecule has 96 valence electrons. The first kappa shape index (κ1) is 24.1. The van der Waals surface area contributed by atoms with E-state index >= 15 is 0 Å². The summed E-state index contributed by atoms with van der Waals surface area (Å²) in [6.07, 6.45) is 8.82. The van der Waals surface area contributed by atoms with Gasteiger partial charge >= 0.3 is 37.7 Å². The van der Waals surface area contributed by atoms with Gasteiger partial charge in [0, 0.05) is 6.07 Å². The maximum absolute atomic E-state index is 12.6. The van der Waals surface area contributed by atoms with Gasteiger partial charge in [-0.1, -0.05) is 71.8 Å².